The number of hydrogen-bond donors (Lipinski definition) is 0. The normalized spacial score (nSPS) is 23.3. The molecule has 2 aliphatic heterocycles. The Morgan fingerprint density at radius 2 is 0.903 bits per heavy atom. The molecule has 0 spiro atoms. The van der Waals surface area contributed by atoms with Crippen molar-refractivity contribution in [3.63, 3.8) is 0 Å². The zero-order chi connectivity index (χ0) is 44.9. The first kappa shape index (κ1) is 44.4. The minimum atomic E-state index is -1.50. The summed E-state index contributed by atoms with van der Waals surface area (Å²) in [5.41, 5.74) is 2.94. The number of halogens is 6. The molecule has 2 aromatic carbocycles. The van der Waals surface area contributed by atoms with Gasteiger partial charge >= 0.3 is 0 Å². The number of likely N-dealkylation sites (N-methyl/N-ethyl adjacent to an activating group) is 4. The van der Waals surface area contributed by atoms with Gasteiger partial charge in [-0.25, -0.2) is 46.3 Å². The summed E-state index contributed by atoms with van der Waals surface area (Å²) < 4.78 is 91.4. The van der Waals surface area contributed by atoms with Crippen LogP contribution in [0.3, 0.4) is 0 Å². The van der Waals surface area contributed by atoms with Gasteiger partial charge in [-0.3, -0.25) is 9.59 Å². The van der Waals surface area contributed by atoms with E-state index in [2.05, 4.69) is 9.97 Å². The average Bonchev–Trinajstić information content (AvgIpc) is 3.86. The van der Waals surface area contributed by atoms with E-state index in [1.165, 1.54) is 0 Å². The number of anilines is 4. The minimum Gasteiger partial charge on any atom is -0.490 e. The number of carbonyl (C=O) groups excluding carboxylic acids is 2. The van der Waals surface area contributed by atoms with Crippen molar-refractivity contribution in [2.24, 2.45) is 11.8 Å². The van der Waals surface area contributed by atoms with Gasteiger partial charge in [-0.2, -0.15) is 0 Å². The van der Waals surface area contributed by atoms with Gasteiger partial charge in [0, 0.05) is 65.3 Å². The van der Waals surface area contributed by atoms with Crippen LogP contribution >= 0.6 is 0 Å². The third-order valence-electron chi connectivity index (χ3n) is 12.5. The van der Waals surface area contributed by atoms with Crippen LogP contribution in [0.4, 0.5) is 49.4 Å². The van der Waals surface area contributed by atoms with Crippen LogP contribution in [0.5, 0.6) is 11.5 Å². The van der Waals surface area contributed by atoms with E-state index in [4.69, 9.17) is 19.4 Å². The standard InChI is InChI=1S/2C22H25F3N4O2/c2*1-11-20-21(28(3)12(2)22(30)29(20)4)27-18(26-11)8-13-5-6-14(7-13)31-15-9-16(23)19(25)17(24)10-15/h2*9-10,12-14H,5-8H2,1-4H3/t12-,13+,14+;12-,13-,14-/m00/s1. The first-order valence-corrected chi connectivity index (χ1v) is 20.7. The fourth-order valence-electron chi connectivity index (χ4n) is 8.90. The molecular formula is C44H50F6N8O4. The lowest BCUT2D eigenvalue weighted by Crippen LogP contribution is -2.50. The van der Waals surface area contributed by atoms with Gasteiger partial charge in [0.1, 0.15) is 46.6 Å². The number of ether oxygens (including phenoxy) is 2. The molecular weight excluding hydrogens is 819 g/mol. The van der Waals surface area contributed by atoms with Crippen LogP contribution < -0.4 is 29.1 Å². The number of hydrogen-bond acceptors (Lipinski definition) is 10. The molecule has 0 saturated heterocycles. The minimum absolute atomic E-state index is 0.00102. The first-order chi connectivity index (χ1) is 29.3. The van der Waals surface area contributed by atoms with Crippen molar-refractivity contribution >= 4 is 34.8 Å². The number of aromatic nitrogens is 4. The molecule has 4 aromatic rings. The molecule has 0 unspecified atom stereocenters. The van der Waals surface area contributed by atoms with E-state index in [9.17, 15) is 35.9 Å². The molecule has 332 valence electrons. The lowest BCUT2D eigenvalue weighted by atomic mass is 10.0. The van der Waals surface area contributed by atoms with Crippen molar-refractivity contribution in [3.05, 3.63) is 82.2 Å². The van der Waals surface area contributed by atoms with Gasteiger partial charge in [-0.05, 0) is 78.1 Å². The van der Waals surface area contributed by atoms with E-state index in [0.29, 0.717) is 37.3 Å². The number of nitrogens with zero attached hydrogens (tertiary/aromatic N) is 8. The van der Waals surface area contributed by atoms with Gasteiger partial charge in [0.2, 0.25) is 11.8 Å². The summed E-state index contributed by atoms with van der Waals surface area (Å²) in [5, 5.41) is 0. The fraction of sp³-hybridized carbons (Fsp3) is 0.500. The number of carbonyl (C=O) groups is 2. The monoisotopic (exact) mass is 868 g/mol. The maximum atomic E-state index is 13.4. The number of fused-ring (bicyclic) bond motifs is 2. The molecule has 0 bridgehead atoms. The van der Waals surface area contributed by atoms with Crippen LogP contribution in [-0.4, -0.2) is 84.2 Å². The molecule has 62 heavy (non-hydrogen) atoms. The molecule has 6 atom stereocenters. The quantitative estimate of drug-likeness (QED) is 0.130. The van der Waals surface area contributed by atoms with Gasteiger partial charge in [0.25, 0.3) is 0 Å². The van der Waals surface area contributed by atoms with E-state index in [0.717, 1.165) is 84.3 Å². The van der Waals surface area contributed by atoms with Crippen LogP contribution in [0.1, 0.15) is 75.4 Å². The van der Waals surface area contributed by atoms with Crippen molar-refractivity contribution in [1.29, 1.82) is 0 Å². The maximum absolute atomic E-state index is 13.4. The molecule has 2 aromatic heterocycles. The van der Waals surface area contributed by atoms with Gasteiger partial charge in [0.15, 0.2) is 46.5 Å². The van der Waals surface area contributed by atoms with Gasteiger partial charge in [-0.15, -0.1) is 0 Å². The topological polar surface area (TPSA) is 117 Å². The van der Waals surface area contributed by atoms with Crippen LogP contribution in [0.15, 0.2) is 24.3 Å². The van der Waals surface area contributed by atoms with Crippen molar-refractivity contribution in [3.8, 4) is 11.5 Å². The number of aryl methyl sites for hydroxylation is 2. The lowest BCUT2D eigenvalue weighted by molar-refractivity contribution is -0.120. The van der Waals surface area contributed by atoms with Crippen molar-refractivity contribution in [1.82, 2.24) is 19.9 Å². The average molecular weight is 869 g/mol. The molecule has 18 heteroatoms. The van der Waals surface area contributed by atoms with Crippen molar-refractivity contribution in [2.45, 2.75) is 103 Å². The van der Waals surface area contributed by atoms with Crippen molar-refractivity contribution in [2.75, 3.05) is 47.8 Å². The summed E-state index contributed by atoms with van der Waals surface area (Å²) >= 11 is 0. The van der Waals surface area contributed by atoms with E-state index in [-0.39, 0.29) is 59.4 Å². The Bertz CT molecular complexity index is 2180. The molecule has 12 nitrogen and oxygen atoms in total. The Kier molecular flexibility index (Phi) is 12.6. The molecule has 2 saturated carbocycles. The predicted molar refractivity (Wildman–Crippen MR) is 220 cm³/mol. The van der Waals surface area contributed by atoms with E-state index >= 15 is 0 Å². The lowest BCUT2D eigenvalue weighted by Gasteiger charge is -2.37. The summed E-state index contributed by atoms with van der Waals surface area (Å²) in [6, 6.07) is 2.88. The van der Waals surface area contributed by atoms with Crippen LogP contribution in [-0.2, 0) is 22.4 Å². The maximum Gasteiger partial charge on any atom is 0.249 e. The smallest absolute Gasteiger partial charge is 0.249 e. The molecule has 4 heterocycles. The molecule has 8 rings (SSSR count). The van der Waals surface area contributed by atoms with Gasteiger partial charge < -0.3 is 29.1 Å². The summed E-state index contributed by atoms with van der Waals surface area (Å²) in [6.07, 6.45) is 5.41. The third-order valence-corrected chi connectivity index (χ3v) is 12.5. The highest BCUT2D eigenvalue weighted by Gasteiger charge is 2.37. The zero-order valence-corrected chi connectivity index (χ0v) is 35.9. The first-order valence-electron chi connectivity index (χ1n) is 20.7. The molecule has 2 fully saturated rings. The highest BCUT2D eigenvalue weighted by Crippen LogP contribution is 2.39. The zero-order valence-electron chi connectivity index (χ0n) is 35.9. The molecule has 0 radical (unpaired) electrons. The Hall–Kier alpha value is -5.68. The van der Waals surface area contributed by atoms with Gasteiger partial charge in [-0.1, -0.05) is 0 Å². The Labute approximate surface area is 356 Å². The molecule has 2 amide bonds. The summed E-state index contributed by atoms with van der Waals surface area (Å²) in [6.45, 7) is 7.43. The summed E-state index contributed by atoms with van der Waals surface area (Å²) in [4.78, 5) is 50.5. The van der Waals surface area contributed by atoms with Crippen LogP contribution in [0, 0.1) is 60.6 Å². The second-order valence-corrected chi connectivity index (χ2v) is 16.8. The number of amides is 2. The largest absolute Gasteiger partial charge is 0.490 e. The fourth-order valence-corrected chi connectivity index (χ4v) is 8.90. The molecule has 0 N–H and O–H groups in total. The second kappa shape index (κ2) is 17.6. The summed E-state index contributed by atoms with van der Waals surface area (Å²) in [7, 11) is 7.18. The van der Waals surface area contributed by atoms with Crippen LogP contribution in [0.2, 0.25) is 0 Å². The van der Waals surface area contributed by atoms with Gasteiger partial charge in [0.05, 0.1) is 23.6 Å². The number of rotatable bonds is 8. The van der Waals surface area contributed by atoms with E-state index in [1.807, 2.05) is 51.6 Å². The highest BCUT2D eigenvalue weighted by atomic mass is 19.2. The van der Waals surface area contributed by atoms with E-state index < -0.39 is 34.9 Å². The Balaban J connectivity index is 0.000000186. The second-order valence-electron chi connectivity index (χ2n) is 16.8. The summed E-state index contributed by atoms with van der Waals surface area (Å²) in [5.74, 6) is -4.68. The Morgan fingerprint density at radius 1 is 0.565 bits per heavy atom. The van der Waals surface area contributed by atoms with Crippen LogP contribution in [0.25, 0.3) is 0 Å². The van der Waals surface area contributed by atoms with E-state index in [1.54, 1.807) is 23.9 Å². The van der Waals surface area contributed by atoms with Crippen molar-refractivity contribution < 1.29 is 45.4 Å². The number of benzene rings is 2. The predicted octanol–water partition coefficient (Wildman–Crippen LogP) is 7.59. The third kappa shape index (κ3) is 8.82. The SMILES string of the molecule is Cc1nc(C[C@@H]2CC[C@@H](Oc3cc(F)c(F)c(F)c3)C2)nc2c1N(C)C(=O)[C@H](C)N2C.Cc1nc(C[C@H]2CC[C@H](Oc3cc(F)c(F)c(F)c3)C2)nc2c1N(C)C(=O)[C@H](C)N2C. The molecule has 2 aliphatic carbocycles. The molecule has 4 aliphatic rings. The Morgan fingerprint density at radius 3 is 1.24 bits per heavy atom. The highest BCUT2D eigenvalue weighted by molar-refractivity contribution is 6.05.